The van der Waals surface area contributed by atoms with Crippen LogP contribution < -0.4 is 4.90 Å². The Morgan fingerprint density at radius 3 is 1.59 bits per heavy atom. The van der Waals surface area contributed by atoms with E-state index in [0.29, 0.717) is 0 Å². The molecule has 0 aliphatic carbocycles. The molecule has 0 aromatic rings. The van der Waals surface area contributed by atoms with Crippen LogP contribution in [-0.2, 0) is 20.0 Å². The van der Waals surface area contributed by atoms with Gasteiger partial charge in [-0.05, 0) is 32.1 Å². The minimum atomic E-state index is -6.72. The second-order valence-corrected chi connectivity index (χ2v) is 9.46. The zero-order valence-electron chi connectivity index (χ0n) is 14.7. The molecule has 164 valence electrons. The lowest BCUT2D eigenvalue weighted by molar-refractivity contribution is -0.905. The van der Waals surface area contributed by atoms with Gasteiger partial charge in [-0.25, -0.2) is 16.8 Å². The van der Waals surface area contributed by atoms with Gasteiger partial charge in [0.15, 0.2) is 20.0 Å². The highest BCUT2D eigenvalue weighted by molar-refractivity contribution is 8.13. The van der Waals surface area contributed by atoms with Crippen molar-refractivity contribution in [3.63, 3.8) is 0 Å². The fraction of sp³-hybridized carbons (Fsp3) is 1.00. The van der Waals surface area contributed by atoms with Crippen LogP contribution in [0.1, 0.15) is 51.9 Å². The average Bonchev–Trinajstić information content (AvgIpc) is 2.50. The van der Waals surface area contributed by atoms with Crippen molar-refractivity contribution >= 4 is 20.0 Å². The van der Waals surface area contributed by atoms with Crippen molar-refractivity contribution in [2.75, 3.05) is 19.6 Å². The average molecular weight is 450 g/mol. The highest BCUT2D eigenvalue weighted by atomic mass is 32.3. The molecule has 0 unspecified atom stereocenters. The summed E-state index contributed by atoms with van der Waals surface area (Å²) in [4.78, 5) is 1.87. The Hall–Kier alpha value is -0.600. The van der Waals surface area contributed by atoms with Gasteiger partial charge in [-0.15, -0.1) is 0 Å². The Morgan fingerprint density at radius 2 is 1.22 bits per heavy atom. The molecule has 27 heavy (non-hydrogen) atoms. The van der Waals surface area contributed by atoms with Crippen molar-refractivity contribution in [3.05, 3.63) is 4.13 Å². The molecule has 0 saturated carbocycles. The summed E-state index contributed by atoms with van der Waals surface area (Å²) in [5.41, 5.74) is -12.4. The van der Waals surface area contributed by atoms with E-state index < -0.39 is 31.1 Å². The van der Waals surface area contributed by atoms with E-state index in [0.717, 1.165) is 4.13 Å². The number of sulfonamides is 2. The zero-order valence-corrected chi connectivity index (χ0v) is 16.4. The van der Waals surface area contributed by atoms with Crippen LogP contribution in [0.15, 0.2) is 0 Å². The summed E-state index contributed by atoms with van der Waals surface area (Å²) in [7, 11) is -13.4. The molecule has 0 amide bonds. The van der Waals surface area contributed by atoms with Gasteiger partial charge in [-0.1, -0.05) is 19.8 Å². The van der Waals surface area contributed by atoms with E-state index in [1.807, 2.05) is 4.90 Å². The van der Waals surface area contributed by atoms with Crippen molar-refractivity contribution in [3.8, 4) is 0 Å². The third-order valence-electron chi connectivity index (χ3n) is 3.73. The molecule has 1 fully saturated rings. The molecule has 0 aromatic heterocycles. The number of quaternary nitrogens is 1. The molecule has 0 atom stereocenters. The summed E-state index contributed by atoms with van der Waals surface area (Å²) in [6, 6.07) is 0. The number of hydrogen-bond acceptors (Lipinski definition) is 4. The molecule has 0 spiro atoms. The summed E-state index contributed by atoms with van der Waals surface area (Å²) in [6.07, 6.45) is 10.2. The Morgan fingerprint density at radius 1 is 0.778 bits per heavy atom. The van der Waals surface area contributed by atoms with Gasteiger partial charge in [-0.2, -0.15) is 26.3 Å². The predicted molar refractivity (Wildman–Crippen MR) is 86.9 cm³/mol. The fourth-order valence-corrected chi connectivity index (χ4v) is 4.03. The highest BCUT2D eigenvalue weighted by Gasteiger charge is 2.46. The van der Waals surface area contributed by atoms with Gasteiger partial charge in [0.1, 0.15) is 0 Å². The number of alkyl halides is 6. The van der Waals surface area contributed by atoms with Crippen molar-refractivity contribution in [1.29, 1.82) is 0 Å². The monoisotopic (exact) mass is 450 g/mol. The minimum absolute atomic E-state index is 0.778. The van der Waals surface area contributed by atoms with E-state index in [-0.39, 0.29) is 0 Å². The van der Waals surface area contributed by atoms with Crippen LogP contribution in [0.4, 0.5) is 26.3 Å². The maximum Gasteiger partial charge on any atom is 0.480 e. The maximum atomic E-state index is 11.4. The number of hydrogen-bond donors (Lipinski definition) is 1. The van der Waals surface area contributed by atoms with Gasteiger partial charge >= 0.3 is 11.0 Å². The highest BCUT2D eigenvalue weighted by Crippen LogP contribution is 2.36. The number of nitrogens with zero attached hydrogens (tertiary/aromatic N) is 1. The maximum absolute atomic E-state index is 11.4. The topological polar surface area (TPSA) is 86.8 Å². The predicted octanol–water partition coefficient (Wildman–Crippen LogP) is 2.69. The summed E-state index contributed by atoms with van der Waals surface area (Å²) >= 11 is 0. The largest absolute Gasteiger partial charge is 0.480 e. The molecule has 1 heterocycles. The van der Waals surface area contributed by atoms with E-state index in [1.54, 1.807) is 0 Å². The number of halogens is 6. The van der Waals surface area contributed by atoms with Crippen LogP contribution in [0.3, 0.4) is 0 Å². The van der Waals surface area contributed by atoms with Gasteiger partial charge in [0, 0.05) is 0 Å². The van der Waals surface area contributed by atoms with Crippen LogP contribution in [-0.4, -0.2) is 47.5 Å². The third-order valence-corrected chi connectivity index (χ3v) is 6.47. The fourth-order valence-electron chi connectivity index (χ4n) is 2.32. The van der Waals surface area contributed by atoms with Crippen molar-refractivity contribution < 1.29 is 48.1 Å². The number of piperidine rings is 1. The lowest BCUT2D eigenvalue weighted by atomic mass is 10.1. The number of rotatable bonds is 7. The Kier molecular flexibility index (Phi) is 10.6. The SMILES string of the molecule is CCCCCC[NH+]1CCCCC1.O=S(=O)([N-]S(=O)(=O)C(F)(F)F)C(F)(F)F. The molecule has 1 saturated heterocycles. The van der Waals surface area contributed by atoms with E-state index in [9.17, 15) is 43.2 Å². The molecule has 1 rings (SSSR count). The van der Waals surface area contributed by atoms with Crippen LogP contribution in [0, 0.1) is 0 Å². The molecular weight excluding hydrogens is 426 g/mol. The summed E-state index contributed by atoms with van der Waals surface area (Å²) < 4.78 is 109. The normalized spacial score (nSPS) is 17.3. The number of nitrogens with one attached hydrogen (secondary N) is 1. The van der Waals surface area contributed by atoms with Gasteiger partial charge in [0.05, 0.1) is 19.6 Å². The lowest BCUT2D eigenvalue weighted by Gasteiger charge is -2.23. The quantitative estimate of drug-likeness (QED) is 0.477. The number of likely N-dealkylation sites (tertiary alicyclic amines) is 1. The molecule has 1 aliphatic rings. The van der Waals surface area contributed by atoms with Crippen LogP contribution in [0.2, 0.25) is 0 Å². The zero-order chi connectivity index (χ0) is 21.4. The van der Waals surface area contributed by atoms with Crippen molar-refractivity contribution in [1.82, 2.24) is 0 Å². The Labute approximate surface area is 155 Å². The summed E-state index contributed by atoms with van der Waals surface area (Å²) in [5.74, 6) is 0. The molecule has 14 heteroatoms. The van der Waals surface area contributed by atoms with Gasteiger partial charge in [0.2, 0.25) is 0 Å². The van der Waals surface area contributed by atoms with Gasteiger partial charge in [-0.3, -0.25) is 0 Å². The Bertz CT molecular complexity index is 584. The molecule has 1 aliphatic heterocycles. The molecule has 0 bridgehead atoms. The smallest absolute Gasteiger partial charge is 0.421 e. The first-order valence-corrected chi connectivity index (χ1v) is 11.2. The van der Waals surface area contributed by atoms with E-state index in [1.165, 1.54) is 64.6 Å². The molecule has 1 N–H and O–H groups in total. The molecule has 0 radical (unpaired) electrons. The minimum Gasteiger partial charge on any atom is -0.421 e. The van der Waals surface area contributed by atoms with Crippen molar-refractivity contribution in [2.45, 2.75) is 62.9 Å². The number of unbranched alkanes of at least 4 members (excludes halogenated alkanes) is 3. The standard InChI is InChI=1S/C11H23N.C2F6NO4S2/c1-2-3-4-6-9-12-10-7-5-8-11-12;3-1(4,5)14(10,11)9-15(12,13)2(6,7)8/h2-11H2,1H3;/q;-1/p+1. The first kappa shape index (κ1) is 26.4. The molecule has 6 nitrogen and oxygen atoms in total. The Balaban J connectivity index is 0.000000511. The van der Waals surface area contributed by atoms with Crippen LogP contribution in [0.25, 0.3) is 4.13 Å². The third kappa shape index (κ3) is 9.94. The summed E-state index contributed by atoms with van der Waals surface area (Å²) in [5, 5.41) is 0. The lowest BCUT2D eigenvalue weighted by Crippen LogP contribution is -3.12. The summed E-state index contributed by atoms with van der Waals surface area (Å²) in [6.45, 7) is 6.63. The van der Waals surface area contributed by atoms with Crippen LogP contribution >= 0.6 is 0 Å². The van der Waals surface area contributed by atoms with Crippen LogP contribution in [0.5, 0.6) is 0 Å². The van der Waals surface area contributed by atoms with Crippen molar-refractivity contribution in [2.24, 2.45) is 0 Å². The molecule has 0 aromatic carbocycles. The second kappa shape index (κ2) is 10.8. The van der Waals surface area contributed by atoms with Gasteiger partial charge < -0.3 is 9.03 Å². The van der Waals surface area contributed by atoms with E-state index in [4.69, 9.17) is 0 Å². The first-order valence-electron chi connectivity index (χ1n) is 8.34. The second-order valence-electron chi connectivity index (χ2n) is 6.04. The van der Waals surface area contributed by atoms with E-state index in [2.05, 4.69) is 6.92 Å². The molecular formula is C13H24F6N2O4S2. The van der Waals surface area contributed by atoms with Gasteiger partial charge in [0.25, 0.3) is 0 Å². The first-order chi connectivity index (χ1) is 12.1. The van der Waals surface area contributed by atoms with E-state index >= 15 is 0 Å².